The van der Waals surface area contributed by atoms with Crippen molar-refractivity contribution < 1.29 is 19.8 Å². The number of nitrogens with one attached hydrogen (secondary N) is 2. The second-order valence-corrected chi connectivity index (χ2v) is 7.54. The van der Waals surface area contributed by atoms with E-state index in [1.165, 1.54) is 0 Å². The van der Waals surface area contributed by atoms with Gasteiger partial charge in [-0.2, -0.15) is 0 Å². The van der Waals surface area contributed by atoms with Gasteiger partial charge in [-0.25, -0.2) is 4.79 Å². The molecule has 1 saturated carbocycles. The van der Waals surface area contributed by atoms with E-state index in [1.54, 1.807) is 0 Å². The quantitative estimate of drug-likeness (QED) is 0.532. The Morgan fingerprint density at radius 1 is 1.30 bits per heavy atom. The van der Waals surface area contributed by atoms with Gasteiger partial charge in [0.2, 0.25) is 0 Å². The Labute approximate surface area is 138 Å². The first-order valence-electron chi connectivity index (χ1n) is 8.28. The summed E-state index contributed by atoms with van der Waals surface area (Å²) < 4.78 is 0. The van der Waals surface area contributed by atoms with Crippen LogP contribution >= 0.6 is 0 Å². The van der Waals surface area contributed by atoms with E-state index in [4.69, 9.17) is 5.11 Å². The van der Waals surface area contributed by atoms with Gasteiger partial charge in [-0.05, 0) is 31.2 Å². The fraction of sp³-hybridized carbons (Fsp3) is 0.875. The number of carboxylic acids is 1. The molecular formula is C16H31N3O4. The molecule has 134 valence electrons. The molecule has 1 aliphatic rings. The van der Waals surface area contributed by atoms with Crippen LogP contribution < -0.4 is 10.6 Å². The summed E-state index contributed by atoms with van der Waals surface area (Å²) in [7, 11) is 0. The van der Waals surface area contributed by atoms with Crippen LogP contribution in [0.15, 0.2) is 0 Å². The van der Waals surface area contributed by atoms with Crippen molar-refractivity contribution >= 4 is 12.0 Å². The van der Waals surface area contributed by atoms with Crippen LogP contribution in [0.3, 0.4) is 0 Å². The van der Waals surface area contributed by atoms with Gasteiger partial charge in [-0.3, -0.25) is 9.69 Å². The molecule has 0 heterocycles. The number of hydrogen-bond donors (Lipinski definition) is 4. The van der Waals surface area contributed by atoms with Gasteiger partial charge in [-0.1, -0.05) is 27.7 Å². The molecular weight excluding hydrogens is 298 g/mol. The van der Waals surface area contributed by atoms with Crippen molar-refractivity contribution in [1.82, 2.24) is 15.5 Å². The molecule has 0 bridgehead atoms. The zero-order chi connectivity index (χ0) is 17.6. The normalized spacial score (nSPS) is 22.3. The Kier molecular flexibility index (Phi) is 7.28. The third-order valence-corrected chi connectivity index (χ3v) is 4.12. The molecule has 0 saturated heterocycles. The Bertz CT molecular complexity index is 403. The SMILES string of the molecule is CCN(CC(=O)O)C1CC(NC(=O)NC(CO)CC(C)(C)C)C1. The number of likely N-dealkylation sites (N-methyl/N-ethyl adjacent to an activating group) is 1. The van der Waals surface area contributed by atoms with Crippen LogP contribution in [0.2, 0.25) is 0 Å². The molecule has 0 radical (unpaired) electrons. The van der Waals surface area contributed by atoms with Crippen LogP contribution in [0.1, 0.15) is 47.0 Å². The number of carbonyl (C=O) groups is 2. The van der Waals surface area contributed by atoms with E-state index < -0.39 is 5.97 Å². The van der Waals surface area contributed by atoms with Gasteiger partial charge in [-0.15, -0.1) is 0 Å². The zero-order valence-electron chi connectivity index (χ0n) is 14.6. The standard InChI is InChI=1S/C16H31N3O4/c1-5-19(9-14(21)22)13-6-11(7-13)17-15(23)18-12(10-20)8-16(2,3)4/h11-13,20H,5-10H2,1-4H3,(H,21,22)(H2,17,18,23). The summed E-state index contributed by atoms with van der Waals surface area (Å²) in [5.74, 6) is -0.825. The molecule has 1 fully saturated rings. The van der Waals surface area contributed by atoms with Gasteiger partial charge in [0.05, 0.1) is 19.2 Å². The van der Waals surface area contributed by atoms with E-state index in [0.717, 1.165) is 12.8 Å². The molecule has 1 aliphatic carbocycles. The Hall–Kier alpha value is -1.34. The molecule has 4 N–H and O–H groups in total. The number of carbonyl (C=O) groups excluding carboxylic acids is 1. The summed E-state index contributed by atoms with van der Waals surface area (Å²) in [4.78, 5) is 24.7. The summed E-state index contributed by atoms with van der Waals surface area (Å²) in [5, 5.41) is 23.9. The molecule has 7 heteroatoms. The van der Waals surface area contributed by atoms with Crippen LogP contribution in [-0.4, -0.2) is 64.9 Å². The van der Waals surface area contributed by atoms with Crippen molar-refractivity contribution in [3.8, 4) is 0 Å². The molecule has 0 aliphatic heterocycles. The Morgan fingerprint density at radius 3 is 2.35 bits per heavy atom. The lowest BCUT2D eigenvalue weighted by molar-refractivity contribution is -0.139. The van der Waals surface area contributed by atoms with E-state index in [2.05, 4.69) is 31.4 Å². The molecule has 0 aromatic carbocycles. The minimum absolute atomic E-state index is 0.0285. The molecule has 7 nitrogen and oxygen atoms in total. The Balaban J connectivity index is 2.33. The minimum atomic E-state index is -0.825. The smallest absolute Gasteiger partial charge is 0.317 e. The van der Waals surface area contributed by atoms with E-state index >= 15 is 0 Å². The third kappa shape index (κ3) is 7.18. The van der Waals surface area contributed by atoms with Crippen molar-refractivity contribution in [3.63, 3.8) is 0 Å². The van der Waals surface area contributed by atoms with E-state index in [1.807, 2.05) is 11.8 Å². The second kappa shape index (κ2) is 8.49. The number of urea groups is 1. The predicted octanol–water partition coefficient (Wildman–Crippen LogP) is 1.02. The number of nitrogens with zero attached hydrogens (tertiary/aromatic N) is 1. The summed E-state index contributed by atoms with van der Waals surface area (Å²) in [6.45, 7) is 8.77. The highest BCUT2D eigenvalue weighted by molar-refractivity contribution is 5.74. The first-order valence-corrected chi connectivity index (χ1v) is 8.28. The number of aliphatic carboxylic acids is 1. The topological polar surface area (TPSA) is 102 Å². The molecule has 0 aromatic heterocycles. The van der Waals surface area contributed by atoms with Crippen molar-refractivity contribution in [3.05, 3.63) is 0 Å². The summed E-state index contributed by atoms with van der Waals surface area (Å²) >= 11 is 0. The maximum atomic E-state index is 12.0. The van der Waals surface area contributed by atoms with Gasteiger partial charge in [0.25, 0.3) is 0 Å². The summed E-state index contributed by atoms with van der Waals surface area (Å²) in [6, 6.07) is -0.246. The number of amides is 2. The Morgan fingerprint density at radius 2 is 1.91 bits per heavy atom. The number of hydrogen-bond acceptors (Lipinski definition) is 4. The van der Waals surface area contributed by atoms with Gasteiger partial charge < -0.3 is 20.8 Å². The van der Waals surface area contributed by atoms with Crippen molar-refractivity contribution in [2.45, 2.75) is 65.1 Å². The van der Waals surface area contributed by atoms with Crippen molar-refractivity contribution in [1.29, 1.82) is 0 Å². The predicted molar refractivity (Wildman–Crippen MR) is 88.3 cm³/mol. The molecule has 0 spiro atoms. The fourth-order valence-electron chi connectivity index (χ4n) is 2.99. The summed E-state index contributed by atoms with van der Waals surface area (Å²) in [5.41, 5.74) is 0.0285. The fourth-order valence-corrected chi connectivity index (χ4v) is 2.99. The highest BCUT2D eigenvalue weighted by atomic mass is 16.4. The maximum Gasteiger partial charge on any atom is 0.317 e. The number of rotatable bonds is 8. The zero-order valence-corrected chi connectivity index (χ0v) is 14.6. The van der Waals surface area contributed by atoms with Gasteiger partial charge >= 0.3 is 12.0 Å². The lowest BCUT2D eigenvalue weighted by Crippen LogP contribution is -2.57. The van der Waals surface area contributed by atoms with Crippen LogP contribution in [0.4, 0.5) is 4.79 Å². The lowest BCUT2D eigenvalue weighted by atomic mass is 9.85. The largest absolute Gasteiger partial charge is 0.480 e. The molecule has 1 atom stereocenters. The third-order valence-electron chi connectivity index (χ3n) is 4.12. The van der Waals surface area contributed by atoms with Gasteiger partial charge in [0.15, 0.2) is 0 Å². The highest BCUT2D eigenvalue weighted by Gasteiger charge is 2.35. The van der Waals surface area contributed by atoms with Crippen molar-refractivity contribution in [2.24, 2.45) is 5.41 Å². The molecule has 23 heavy (non-hydrogen) atoms. The first-order chi connectivity index (χ1) is 10.6. The van der Waals surface area contributed by atoms with E-state index in [0.29, 0.717) is 13.0 Å². The van der Waals surface area contributed by atoms with Crippen molar-refractivity contribution in [2.75, 3.05) is 19.7 Å². The minimum Gasteiger partial charge on any atom is -0.480 e. The molecule has 2 amide bonds. The van der Waals surface area contributed by atoms with Crippen LogP contribution in [0, 0.1) is 5.41 Å². The maximum absolute atomic E-state index is 12.0. The second-order valence-electron chi connectivity index (χ2n) is 7.54. The highest BCUT2D eigenvalue weighted by Crippen LogP contribution is 2.25. The van der Waals surface area contributed by atoms with Gasteiger partial charge in [0.1, 0.15) is 0 Å². The van der Waals surface area contributed by atoms with Crippen LogP contribution in [-0.2, 0) is 4.79 Å². The first kappa shape index (κ1) is 19.7. The average molecular weight is 329 g/mol. The number of aliphatic hydroxyl groups excluding tert-OH is 1. The number of aliphatic hydroxyl groups is 1. The van der Waals surface area contributed by atoms with Crippen LogP contribution in [0.25, 0.3) is 0 Å². The summed E-state index contributed by atoms with van der Waals surface area (Å²) in [6.07, 6.45) is 2.22. The van der Waals surface area contributed by atoms with Crippen LogP contribution in [0.5, 0.6) is 0 Å². The molecule has 1 unspecified atom stereocenters. The lowest BCUT2D eigenvalue weighted by Gasteiger charge is -2.42. The molecule has 1 rings (SSSR count). The number of carboxylic acid groups (broad SMARTS) is 1. The molecule has 0 aromatic rings. The van der Waals surface area contributed by atoms with E-state index in [9.17, 15) is 14.7 Å². The van der Waals surface area contributed by atoms with Gasteiger partial charge in [0, 0.05) is 12.1 Å². The van der Waals surface area contributed by atoms with E-state index in [-0.39, 0.29) is 42.7 Å². The average Bonchev–Trinajstić information content (AvgIpc) is 2.37. The monoisotopic (exact) mass is 329 g/mol.